The molecule has 0 aliphatic rings. The summed E-state index contributed by atoms with van der Waals surface area (Å²) >= 11 is 0. The highest BCUT2D eigenvalue weighted by atomic mass is 16.5. The molecule has 0 aliphatic carbocycles. The van der Waals surface area contributed by atoms with Crippen molar-refractivity contribution in [2.45, 2.75) is 233 Å². The molecule has 0 rings (SSSR count). The molecule has 364 valence electrons. The Morgan fingerprint density at radius 2 is 0.607 bits per heavy atom. The fourth-order valence-electron chi connectivity index (χ4n) is 8.10. The van der Waals surface area contributed by atoms with Crippen molar-refractivity contribution >= 4 is 11.8 Å². The summed E-state index contributed by atoms with van der Waals surface area (Å²) in [6.07, 6.45) is 38.0. The Balaban J connectivity index is 4.94. The highest BCUT2D eigenvalue weighted by Gasteiger charge is 2.15. The van der Waals surface area contributed by atoms with Crippen LogP contribution in [-0.4, -0.2) is 119 Å². The normalized spacial score (nSPS) is 11.6. The van der Waals surface area contributed by atoms with Gasteiger partial charge in [0.25, 0.3) is 0 Å². The third-order valence-electron chi connectivity index (χ3n) is 12.1. The van der Waals surface area contributed by atoms with Crippen molar-refractivity contribution < 1.29 is 23.8 Å². The summed E-state index contributed by atoms with van der Waals surface area (Å²) in [5, 5.41) is 0. The highest BCUT2D eigenvalue weighted by molar-refractivity contribution is 5.76. The van der Waals surface area contributed by atoms with E-state index >= 15 is 0 Å². The smallest absolute Gasteiger partial charge is 0.222 e. The maximum Gasteiger partial charge on any atom is 0.222 e. The largest absolute Gasteiger partial charge is 0.378 e. The van der Waals surface area contributed by atoms with Gasteiger partial charge >= 0.3 is 0 Å². The van der Waals surface area contributed by atoms with Crippen LogP contribution in [-0.2, 0) is 23.8 Å². The lowest BCUT2D eigenvalue weighted by molar-refractivity contribution is -0.132. The van der Waals surface area contributed by atoms with E-state index in [1.807, 2.05) is 0 Å². The van der Waals surface area contributed by atoms with E-state index in [9.17, 15) is 9.59 Å². The molecule has 0 atom stereocenters. The van der Waals surface area contributed by atoms with Gasteiger partial charge in [-0.25, -0.2) is 0 Å². The van der Waals surface area contributed by atoms with Crippen LogP contribution in [0.3, 0.4) is 0 Å². The number of hydrogen-bond donors (Lipinski definition) is 1. The van der Waals surface area contributed by atoms with Crippen molar-refractivity contribution in [2.75, 3.05) is 92.0 Å². The van der Waals surface area contributed by atoms with Crippen molar-refractivity contribution in [2.24, 2.45) is 5.73 Å². The second kappa shape index (κ2) is 49.8. The monoisotopic (exact) mass is 867 g/mol. The minimum atomic E-state index is 0.368. The second-order valence-electron chi connectivity index (χ2n) is 17.9. The van der Waals surface area contributed by atoms with Gasteiger partial charge in [0.1, 0.15) is 0 Å². The number of carbonyl (C=O) groups excluding carboxylic acids is 2. The zero-order valence-corrected chi connectivity index (χ0v) is 41.5. The molecule has 0 fully saturated rings. The van der Waals surface area contributed by atoms with Crippen LogP contribution in [0.5, 0.6) is 0 Å². The Labute approximate surface area is 380 Å². The van der Waals surface area contributed by atoms with E-state index in [0.717, 1.165) is 110 Å². The minimum Gasteiger partial charge on any atom is -0.378 e. The molecular weight excluding hydrogens is 761 g/mol. The van der Waals surface area contributed by atoms with Gasteiger partial charge in [-0.05, 0) is 64.5 Å². The van der Waals surface area contributed by atoms with Gasteiger partial charge in [-0.2, -0.15) is 0 Å². The van der Waals surface area contributed by atoms with Crippen LogP contribution in [0.15, 0.2) is 0 Å². The van der Waals surface area contributed by atoms with Crippen LogP contribution < -0.4 is 5.73 Å². The predicted molar refractivity (Wildman–Crippen MR) is 262 cm³/mol. The van der Waals surface area contributed by atoms with E-state index in [2.05, 4.69) is 42.4 Å². The lowest BCUT2D eigenvalue weighted by atomic mass is 10.1. The molecule has 2 N–H and O–H groups in total. The molecule has 0 bridgehead atoms. The molecule has 0 radical (unpaired) electrons. The van der Waals surface area contributed by atoms with Gasteiger partial charge in [0, 0.05) is 52.1 Å². The van der Waals surface area contributed by atoms with Crippen LogP contribution in [0.2, 0.25) is 0 Å². The third kappa shape index (κ3) is 42.5. The maximum absolute atomic E-state index is 13.4. The Morgan fingerprint density at radius 1 is 0.328 bits per heavy atom. The molecule has 9 heteroatoms. The summed E-state index contributed by atoms with van der Waals surface area (Å²) in [6, 6.07) is 0. The van der Waals surface area contributed by atoms with Crippen molar-refractivity contribution in [1.29, 1.82) is 0 Å². The summed E-state index contributed by atoms with van der Waals surface area (Å²) in [4.78, 5) is 33.8. The van der Waals surface area contributed by atoms with Gasteiger partial charge < -0.3 is 34.6 Å². The van der Waals surface area contributed by atoms with Gasteiger partial charge in [-0.3, -0.25) is 9.59 Å². The average Bonchev–Trinajstić information content (AvgIpc) is 3.26. The van der Waals surface area contributed by atoms with E-state index < -0.39 is 0 Å². The minimum absolute atomic E-state index is 0.368. The number of ether oxygens (including phenoxy) is 3. The zero-order valence-electron chi connectivity index (χ0n) is 41.5. The number of nitrogens with two attached hydrogens (primary N) is 1. The van der Waals surface area contributed by atoms with E-state index in [4.69, 9.17) is 19.9 Å². The molecule has 61 heavy (non-hydrogen) atoms. The molecule has 9 nitrogen and oxygen atoms in total. The number of rotatable bonds is 51. The molecule has 0 heterocycles. The summed E-state index contributed by atoms with van der Waals surface area (Å²) in [5.74, 6) is 0.736. The van der Waals surface area contributed by atoms with Gasteiger partial charge in [-0.1, -0.05) is 169 Å². The first kappa shape index (κ1) is 59.7. The molecule has 0 saturated heterocycles. The fourth-order valence-corrected chi connectivity index (χ4v) is 8.10. The first-order valence-electron chi connectivity index (χ1n) is 26.7. The molecule has 2 amide bonds. The first-order chi connectivity index (χ1) is 30.0. The topological polar surface area (TPSA) is 97.6 Å². The number of nitrogens with zero attached hydrogens (tertiary/aromatic N) is 3. The summed E-state index contributed by atoms with van der Waals surface area (Å²) in [7, 11) is 0. The van der Waals surface area contributed by atoms with E-state index in [1.165, 1.54) is 128 Å². The predicted octanol–water partition coefficient (Wildman–Crippen LogP) is 12.5. The number of amides is 2. The second-order valence-corrected chi connectivity index (χ2v) is 17.9. The molecule has 0 aromatic rings. The van der Waals surface area contributed by atoms with Crippen molar-refractivity contribution in [1.82, 2.24) is 14.7 Å². The van der Waals surface area contributed by atoms with Gasteiger partial charge in [0.15, 0.2) is 0 Å². The lowest BCUT2D eigenvalue weighted by Gasteiger charge is -2.24. The SMILES string of the molecule is CCCCCCCCN(CCCCCCCC)C(=O)CCCCCN(CCCCCC(=O)N(CCCCCCCC)CCCCCCCC)CCOCCOCCOCCN. The van der Waals surface area contributed by atoms with Crippen LogP contribution in [0.1, 0.15) is 233 Å². The molecule has 0 aromatic carbocycles. The summed E-state index contributed by atoms with van der Waals surface area (Å²) in [5.41, 5.74) is 5.48. The third-order valence-corrected chi connectivity index (χ3v) is 12.1. The van der Waals surface area contributed by atoms with Gasteiger partial charge in [0.05, 0.1) is 39.6 Å². The molecule has 0 spiro atoms. The fraction of sp³-hybridized carbons (Fsp3) is 0.962. The van der Waals surface area contributed by atoms with Crippen molar-refractivity contribution in [3.05, 3.63) is 0 Å². The van der Waals surface area contributed by atoms with Gasteiger partial charge in [-0.15, -0.1) is 0 Å². The van der Waals surface area contributed by atoms with E-state index in [0.29, 0.717) is 70.8 Å². The standard InChI is InChI=1S/C52H106N4O5/c1-5-9-13-17-21-31-40-55(41-32-22-18-14-10-6-2)51(57)35-27-25-29-38-54(44-46-60-48-50-61-49-47-59-45-37-53)39-30-26-28-36-52(58)56(42-33-23-19-15-11-7-3)43-34-24-20-16-12-8-4/h5-50,53H2,1-4H3. The van der Waals surface area contributed by atoms with Gasteiger partial charge in [0.2, 0.25) is 11.8 Å². The van der Waals surface area contributed by atoms with Crippen LogP contribution in [0.4, 0.5) is 0 Å². The van der Waals surface area contributed by atoms with Crippen LogP contribution >= 0.6 is 0 Å². The van der Waals surface area contributed by atoms with Crippen molar-refractivity contribution in [3.8, 4) is 0 Å². The molecule has 0 aromatic heterocycles. The van der Waals surface area contributed by atoms with Crippen LogP contribution in [0.25, 0.3) is 0 Å². The van der Waals surface area contributed by atoms with E-state index in [-0.39, 0.29) is 0 Å². The maximum atomic E-state index is 13.4. The Kier molecular flexibility index (Phi) is 48.7. The molecule has 0 saturated carbocycles. The molecular formula is C52H106N4O5. The number of carbonyl (C=O) groups is 2. The van der Waals surface area contributed by atoms with E-state index in [1.54, 1.807) is 0 Å². The highest BCUT2D eigenvalue weighted by Crippen LogP contribution is 2.14. The Hall–Kier alpha value is -1.26. The Morgan fingerprint density at radius 3 is 0.951 bits per heavy atom. The zero-order chi connectivity index (χ0) is 44.5. The summed E-state index contributed by atoms with van der Waals surface area (Å²) < 4.78 is 17.0. The first-order valence-corrected chi connectivity index (χ1v) is 26.7. The lowest BCUT2D eigenvalue weighted by Crippen LogP contribution is -2.33. The average molecular weight is 867 g/mol. The quantitative estimate of drug-likeness (QED) is 0.0608. The Bertz CT molecular complexity index is 806. The number of hydrogen-bond acceptors (Lipinski definition) is 7. The molecule has 0 aliphatic heterocycles. The summed E-state index contributed by atoms with van der Waals surface area (Å²) in [6.45, 7) is 19.8. The van der Waals surface area contributed by atoms with Crippen molar-refractivity contribution in [3.63, 3.8) is 0 Å². The number of unbranched alkanes of at least 4 members (excludes halogenated alkanes) is 24. The molecule has 0 unspecified atom stereocenters. The van der Waals surface area contributed by atoms with Crippen LogP contribution in [0, 0.1) is 0 Å².